The minimum absolute atomic E-state index is 0.324. The fourth-order valence-electron chi connectivity index (χ4n) is 2.74. The van der Waals surface area contributed by atoms with E-state index in [2.05, 4.69) is 11.1 Å². The minimum atomic E-state index is -0.337. The van der Waals surface area contributed by atoms with Crippen LogP contribution in [0.25, 0.3) is 10.9 Å². The van der Waals surface area contributed by atoms with E-state index in [0.29, 0.717) is 11.4 Å². The van der Waals surface area contributed by atoms with Crippen molar-refractivity contribution >= 4 is 22.6 Å². The number of rotatable bonds is 2. The number of fused-ring (bicyclic) bond motifs is 1. The third-order valence-corrected chi connectivity index (χ3v) is 3.70. The maximum Gasteiger partial charge on any atom is 0.240 e. The van der Waals surface area contributed by atoms with Crippen molar-refractivity contribution in [1.82, 2.24) is 4.98 Å². The summed E-state index contributed by atoms with van der Waals surface area (Å²) in [6.45, 7) is 0.740. The van der Waals surface area contributed by atoms with Crippen LogP contribution in [0.15, 0.2) is 30.3 Å². The largest absolute Gasteiger partial charge is 0.368 e. The molecule has 0 aliphatic carbocycles. The van der Waals surface area contributed by atoms with Gasteiger partial charge >= 0.3 is 0 Å². The number of primary amides is 1. The average Bonchev–Trinajstić information content (AvgIpc) is 2.95. The Hall–Kier alpha value is -2.61. The molecule has 1 atom stereocenters. The first-order valence-electron chi connectivity index (χ1n) is 6.56. The van der Waals surface area contributed by atoms with E-state index in [1.807, 2.05) is 29.2 Å². The number of nitrogens with two attached hydrogens (primary N) is 1. The molecule has 1 unspecified atom stereocenters. The number of aromatic nitrogens is 1. The standard InChI is InChI=1S/C15H14N4O/c16-9-10-8-14(18-12-5-2-1-4-11(10)12)19-7-3-6-13(19)15(17)20/h1-2,4-5,8,13H,3,6-7H2,(H2,17,20). The van der Waals surface area contributed by atoms with Gasteiger partial charge in [-0.05, 0) is 25.0 Å². The van der Waals surface area contributed by atoms with Crippen LogP contribution in [0.4, 0.5) is 5.82 Å². The quantitative estimate of drug-likeness (QED) is 0.894. The zero-order valence-corrected chi connectivity index (χ0v) is 10.9. The van der Waals surface area contributed by atoms with Gasteiger partial charge in [-0.25, -0.2) is 4.98 Å². The molecule has 1 aliphatic heterocycles. The predicted molar refractivity (Wildman–Crippen MR) is 76.0 cm³/mol. The summed E-state index contributed by atoms with van der Waals surface area (Å²) < 4.78 is 0. The van der Waals surface area contributed by atoms with E-state index in [4.69, 9.17) is 5.73 Å². The van der Waals surface area contributed by atoms with E-state index in [1.54, 1.807) is 6.07 Å². The first-order valence-corrected chi connectivity index (χ1v) is 6.56. The first-order chi connectivity index (χ1) is 9.70. The molecular weight excluding hydrogens is 252 g/mol. The molecule has 1 amide bonds. The van der Waals surface area contributed by atoms with Crippen molar-refractivity contribution in [2.45, 2.75) is 18.9 Å². The SMILES string of the molecule is N#Cc1cc(N2CCCC2C(N)=O)nc2ccccc12. The summed E-state index contributed by atoms with van der Waals surface area (Å²) in [4.78, 5) is 18.0. The molecule has 0 spiro atoms. The van der Waals surface area contributed by atoms with Crippen molar-refractivity contribution in [3.63, 3.8) is 0 Å². The van der Waals surface area contributed by atoms with Crippen LogP contribution in [-0.4, -0.2) is 23.5 Å². The molecule has 2 heterocycles. The lowest BCUT2D eigenvalue weighted by atomic mass is 10.1. The summed E-state index contributed by atoms with van der Waals surface area (Å²) in [5, 5.41) is 10.1. The van der Waals surface area contributed by atoms with Crippen LogP contribution < -0.4 is 10.6 Å². The Morgan fingerprint density at radius 1 is 1.45 bits per heavy atom. The topological polar surface area (TPSA) is 83.0 Å². The summed E-state index contributed by atoms with van der Waals surface area (Å²) in [5.74, 6) is 0.317. The number of anilines is 1. The number of nitrogens with zero attached hydrogens (tertiary/aromatic N) is 3. The highest BCUT2D eigenvalue weighted by atomic mass is 16.1. The highest BCUT2D eigenvalue weighted by Crippen LogP contribution is 2.27. The predicted octanol–water partition coefficient (Wildman–Crippen LogP) is 1.56. The van der Waals surface area contributed by atoms with Crippen LogP contribution >= 0.6 is 0 Å². The number of carbonyl (C=O) groups is 1. The third kappa shape index (κ3) is 1.95. The molecule has 2 aromatic rings. The number of hydrogen-bond donors (Lipinski definition) is 1. The van der Waals surface area contributed by atoms with E-state index >= 15 is 0 Å². The van der Waals surface area contributed by atoms with E-state index in [9.17, 15) is 10.1 Å². The Kier molecular flexibility index (Phi) is 2.99. The number of hydrogen-bond acceptors (Lipinski definition) is 4. The smallest absolute Gasteiger partial charge is 0.240 e. The van der Waals surface area contributed by atoms with Gasteiger partial charge in [0.1, 0.15) is 11.9 Å². The third-order valence-electron chi connectivity index (χ3n) is 3.70. The Morgan fingerprint density at radius 3 is 3.00 bits per heavy atom. The monoisotopic (exact) mass is 266 g/mol. The molecule has 1 fully saturated rings. The fourth-order valence-corrected chi connectivity index (χ4v) is 2.74. The molecule has 5 heteroatoms. The Bertz CT molecular complexity index is 719. The van der Waals surface area contributed by atoms with Crippen molar-refractivity contribution in [3.8, 4) is 6.07 Å². The number of amides is 1. The van der Waals surface area contributed by atoms with Crippen molar-refractivity contribution in [2.24, 2.45) is 5.73 Å². The highest BCUT2D eigenvalue weighted by molar-refractivity contribution is 5.88. The molecule has 1 saturated heterocycles. The number of para-hydroxylation sites is 1. The van der Waals surface area contributed by atoms with Gasteiger partial charge in [0.05, 0.1) is 17.1 Å². The second-order valence-corrected chi connectivity index (χ2v) is 4.91. The lowest BCUT2D eigenvalue weighted by Crippen LogP contribution is -2.40. The van der Waals surface area contributed by atoms with Gasteiger partial charge in [-0.15, -0.1) is 0 Å². The summed E-state index contributed by atoms with van der Waals surface area (Å²) >= 11 is 0. The molecule has 0 saturated carbocycles. The van der Waals surface area contributed by atoms with Crippen LogP contribution in [0.2, 0.25) is 0 Å². The second kappa shape index (κ2) is 4.82. The maximum atomic E-state index is 11.5. The van der Waals surface area contributed by atoms with Crippen molar-refractivity contribution < 1.29 is 4.79 Å². The zero-order valence-electron chi connectivity index (χ0n) is 10.9. The fraction of sp³-hybridized carbons (Fsp3) is 0.267. The summed E-state index contributed by atoms with van der Waals surface area (Å²) in [6, 6.07) is 11.1. The van der Waals surface area contributed by atoms with Crippen LogP contribution in [-0.2, 0) is 4.79 Å². The number of nitriles is 1. The average molecular weight is 266 g/mol. The van der Waals surface area contributed by atoms with E-state index in [1.165, 1.54) is 0 Å². The molecule has 5 nitrogen and oxygen atoms in total. The number of benzene rings is 1. The van der Waals surface area contributed by atoms with Crippen LogP contribution in [0.3, 0.4) is 0 Å². The molecule has 100 valence electrons. The van der Waals surface area contributed by atoms with Gasteiger partial charge in [-0.3, -0.25) is 4.79 Å². The minimum Gasteiger partial charge on any atom is -0.368 e. The van der Waals surface area contributed by atoms with Crippen molar-refractivity contribution in [2.75, 3.05) is 11.4 Å². The van der Waals surface area contributed by atoms with Crippen molar-refractivity contribution in [1.29, 1.82) is 5.26 Å². The summed E-state index contributed by atoms with van der Waals surface area (Å²) in [6.07, 6.45) is 1.65. The van der Waals surface area contributed by atoms with Crippen molar-refractivity contribution in [3.05, 3.63) is 35.9 Å². The summed E-state index contributed by atoms with van der Waals surface area (Å²) in [5.41, 5.74) is 6.77. The normalized spacial score (nSPS) is 18.1. The van der Waals surface area contributed by atoms with Gasteiger partial charge in [0.25, 0.3) is 0 Å². The van der Waals surface area contributed by atoms with Gasteiger partial charge in [0.2, 0.25) is 5.91 Å². The lowest BCUT2D eigenvalue weighted by Gasteiger charge is -2.23. The molecule has 3 rings (SSSR count). The Labute approximate surface area is 116 Å². The summed E-state index contributed by atoms with van der Waals surface area (Å²) in [7, 11) is 0. The molecule has 1 aromatic carbocycles. The van der Waals surface area contributed by atoms with E-state index in [0.717, 1.165) is 30.3 Å². The molecule has 0 radical (unpaired) electrons. The van der Waals surface area contributed by atoms with Gasteiger partial charge in [0, 0.05) is 11.9 Å². The molecular formula is C15H14N4O. The molecule has 1 aromatic heterocycles. The number of carbonyl (C=O) groups excluding carboxylic acids is 1. The second-order valence-electron chi connectivity index (χ2n) is 4.91. The van der Waals surface area contributed by atoms with E-state index in [-0.39, 0.29) is 11.9 Å². The Balaban J connectivity index is 2.13. The first kappa shape index (κ1) is 12.4. The van der Waals surface area contributed by atoms with Crippen LogP contribution in [0.1, 0.15) is 18.4 Å². The highest BCUT2D eigenvalue weighted by Gasteiger charge is 2.30. The van der Waals surface area contributed by atoms with Gasteiger partial charge < -0.3 is 10.6 Å². The molecule has 20 heavy (non-hydrogen) atoms. The van der Waals surface area contributed by atoms with Gasteiger partial charge in [0.15, 0.2) is 0 Å². The molecule has 0 bridgehead atoms. The molecule has 1 aliphatic rings. The zero-order chi connectivity index (χ0) is 14.1. The lowest BCUT2D eigenvalue weighted by molar-refractivity contribution is -0.119. The molecule has 2 N–H and O–H groups in total. The number of pyridine rings is 1. The van der Waals surface area contributed by atoms with E-state index < -0.39 is 0 Å². The van der Waals surface area contributed by atoms with Crippen LogP contribution in [0.5, 0.6) is 0 Å². The van der Waals surface area contributed by atoms with Gasteiger partial charge in [-0.1, -0.05) is 18.2 Å². The maximum absolute atomic E-state index is 11.5. The Morgan fingerprint density at radius 2 is 2.25 bits per heavy atom. The van der Waals surface area contributed by atoms with Crippen LogP contribution in [0, 0.1) is 11.3 Å². The van der Waals surface area contributed by atoms with Gasteiger partial charge in [-0.2, -0.15) is 5.26 Å².